The number of nitrogens with one attached hydrogen (secondary N) is 2. The molecule has 1 fully saturated rings. The van der Waals surface area contributed by atoms with Crippen LogP contribution in [0.15, 0.2) is 35.3 Å². The van der Waals surface area contributed by atoms with Crippen LogP contribution in [0.2, 0.25) is 0 Å². The molecular weight excluding hydrogens is 260 g/mol. The van der Waals surface area contributed by atoms with Crippen molar-refractivity contribution in [3.05, 3.63) is 35.9 Å². The summed E-state index contributed by atoms with van der Waals surface area (Å²) in [5.74, 6) is 3.36. The third-order valence-electron chi connectivity index (χ3n) is 3.76. The lowest BCUT2D eigenvalue weighted by atomic mass is 10.0. The third kappa shape index (κ3) is 5.13. The quantitative estimate of drug-likeness (QED) is 0.499. The molecular formula is C17H24N4. The highest BCUT2D eigenvalue weighted by Gasteiger charge is 2.19. The summed E-state index contributed by atoms with van der Waals surface area (Å²) in [6, 6.07) is 11.1. The molecule has 0 unspecified atom stereocenters. The van der Waals surface area contributed by atoms with Gasteiger partial charge in [0, 0.05) is 32.7 Å². The normalized spacial score (nSPS) is 17.2. The lowest BCUT2D eigenvalue weighted by Crippen LogP contribution is -2.48. The van der Waals surface area contributed by atoms with E-state index in [9.17, 15) is 0 Å². The molecule has 0 amide bonds. The molecule has 1 aliphatic heterocycles. The van der Waals surface area contributed by atoms with E-state index in [1.54, 1.807) is 7.05 Å². The molecule has 0 bridgehead atoms. The average molecular weight is 284 g/mol. The van der Waals surface area contributed by atoms with Gasteiger partial charge in [-0.3, -0.25) is 9.89 Å². The number of nitrogens with zero attached hydrogens (tertiary/aromatic N) is 2. The van der Waals surface area contributed by atoms with Gasteiger partial charge in [0.2, 0.25) is 0 Å². The van der Waals surface area contributed by atoms with Gasteiger partial charge in [-0.05, 0) is 18.4 Å². The first-order valence-corrected chi connectivity index (χ1v) is 7.48. The van der Waals surface area contributed by atoms with Gasteiger partial charge in [0.1, 0.15) is 0 Å². The fraction of sp³-hybridized carbons (Fsp3) is 0.471. The number of hydrogen-bond acceptors (Lipinski definition) is 2. The van der Waals surface area contributed by atoms with E-state index >= 15 is 0 Å². The van der Waals surface area contributed by atoms with Gasteiger partial charge in [-0.25, -0.2) is 0 Å². The van der Waals surface area contributed by atoms with E-state index in [0.29, 0.717) is 12.6 Å². The number of aliphatic imine (C=N–C) groups is 1. The zero-order valence-corrected chi connectivity index (χ0v) is 12.7. The number of likely N-dealkylation sites (tertiary alicyclic amines) is 1. The molecule has 1 saturated heterocycles. The Labute approximate surface area is 127 Å². The highest BCUT2D eigenvalue weighted by Crippen LogP contribution is 2.13. The number of hydrogen-bond donors (Lipinski definition) is 2. The SMILES string of the molecule is C#CCNC(=NC)NC1CCN(Cc2ccccc2)CC1. The Kier molecular flexibility index (Phi) is 6.11. The first kappa shape index (κ1) is 15.4. The average Bonchev–Trinajstić information content (AvgIpc) is 2.54. The summed E-state index contributed by atoms with van der Waals surface area (Å²) < 4.78 is 0. The molecule has 2 N–H and O–H groups in total. The van der Waals surface area contributed by atoms with E-state index in [-0.39, 0.29) is 0 Å². The number of terminal acetylenes is 1. The van der Waals surface area contributed by atoms with Crippen LogP contribution in [-0.4, -0.2) is 43.6 Å². The third-order valence-corrected chi connectivity index (χ3v) is 3.76. The minimum atomic E-state index is 0.473. The maximum atomic E-state index is 5.25. The second-order valence-corrected chi connectivity index (χ2v) is 5.31. The summed E-state index contributed by atoms with van der Waals surface area (Å²) in [4.78, 5) is 6.70. The summed E-state index contributed by atoms with van der Waals surface area (Å²) in [7, 11) is 1.77. The first-order chi connectivity index (χ1) is 10.3. The largest absolute Gasteiger partial charge is 0.354 e. The lowest BCUT2D eigenvalue weighted by Gasteiger charge is -2.33. The fourth-order valence-corrected chi connectivity index (χ4v) is 2.60. The molecule has 1 aliphatic rings. The molecule has 1 aromatic carbocycles. The second kappa shape index (κ2) is 8.33. The minimum absolute atomic E-state index is 0.473. The number of piperidine rings is 1. The van der Waals surface area contributed by atoms with E-state index < -0.39 is 0 Å². The Bertz CT molecular complexity index is 481. The smallest absolute Gasteiger partial charge is 0.191 e. The number of rotatable bonds is 4. The van der Waals surface area contributed by atoms with Gasteiger partial charge < -0.3 is 10.6 Å². The molecule has 0 spiro atoms. The van der Waals surface area contributed by atoms with Crippen molar-refractivity contribution in [1.82, 2.24) is 15.5 Å². The van der Waals surface area contributed by atoms with Crippen molar-refractivity contribution >= 4 is 5.96 Å². The fourth-order valence-electron chi connectivity index (χ4n) is 2.60. The molecule has 21 heavy (non-hydrogen) atoms. The molecule has 0 aromatic heterocycles. The summed E-state index contributed by atoms with van der Waals surface area (Å²) in [6.45, 7) is 3.77. The maximum Gasteiger partial charge on any atom is 0.191 e. The lowest BCUT2D eigenvalue weighted by molar-refractivity contribution is 0.198. The van der Waals surface area contributed by atoms with Gasteiger partial charge in [0.15, 0.2) is 5.96 Å². The van der Waals surface area contributed by atoms with Gasteiger partial charge in [-0.15, -0.1) is 6.42 Å². The van der Waals surface area contributed by atoms with Crippen molar-refractivity contribution in [3.63, 3.8) is 0 Å². The van der Waals surface area contributed by atoms with Crippen molar-refractivity contribution in [2.75, 3.05) is 26.7 Å². The summed E-state index contributed by atoms with van der Waals surface area (Å²) in [6.07, 6.45) is 7.51. The van der Waals surface area contributed by atoms with Gasteiger partial charge in [0.25, 0.3) is 0 Å². The highest BCUT2D eigenvalue weighted by molar-refractivity contribution is 5.80. The monoisotopic (exact) mass is 284 g/mol. The minimum Gasteiger partial charge on any atom is -0.354 e. The predicted molar refractivity (Wildman–Crippen MR) is 88.1 cm³/mol. The summed E-state index contributed by atoms with van der Waals surface area (Å²) in [5.41, 5.74) is 1.38. The molecule has 1 aromatic rings. The molecule has 4 nitrogen and oxygen atoms in total. The Hall–Kier alpha value is -1.99. The van der Waals surface area contributed by atoms with E-state index in [0.717, 1.165) is 38.4 Å². The zero-order chi connectivity index (χ0) is 14.9. The van der Waals surface area contributed by atoms with Crippen molar-refractivity contribution in [1.29, 1.82) is 0 Å². The Morgan fingerprint density at radius 2 is 2.05 bits per heavy atom. The molecule has 0 saturated carbocycles. The van der Waals surface area contributed by atoms with Crippen LogP contribution >= 0.6 is 0 Å². The van der Waals surface area contributed by atoms with E-state index in [4.69, 9.17) is 6.42 Å². The first-order valence-electron chi connectivity index (χ1n) is 7.48. The van der Waals surface area contributed by atoms with Gasteiger partial charge >= 0.3 is 0 Å². The second-order valence-electron chi connectivity index (χ2n) is 5.31. The van der Waals surface area contributed by atoms with Gasteiger partial charge in [-0.2, -0.15) is 0 Å². The summed E-state index contributed by atoms with van der Waals surface area (Å²) in [5, 5.41) is 6.55. The van der Waals surface area contributed by atoms with Crippen LogP contribution in [0.1, 0.15) is 18.4 Å². The maximum absolute atomic E-state index is 5.25. The van der Waals surface area contributed by atoms with Crippen LogP contribution in [0.5, 0.6) is 0 Å². The van der Waals surface area contributed by atoms with E-state index in [1.807, 2.05) is 0 Å². The molecule has 112 valence electrons. The highest BCUT2D eigenvalue weighted by atomic mass is 15.2. The Morgan fingerprint density at radius 1 is 1.33 bits per heavy atom. The van der Waals surface area contributed by atoms with Crippen LogP contribution in [-0.2, 0) is 6.54 Å². The van der Waals surface area contributed by atoms with E-state index in [1.165, 1.54) is 5.56 Å². The van der Waals surface area contributed by atoms with Crippen molar-refractivity contribution < 1.29 is 0 Å². The molecule has 0 aliphatic carbocycles. The molecule has 2 rings (SSSR count). The van der Waals surface area contributed by atoms with Crippen LogP contribution in [0, 0.1) is 12.3 Å². The van der Waals surface area contributed by atoms with Crippen LogP contribution in [0.3, 0.4) is 0 Å². The molecule has 4 heteroatoms. The van der Waals surface area contributed by atoms with Crippen molar-refractivity contribution in [2.24, 2.45) is 4.99 Å². The van der Waals surface area contributed by atoms with E-state index in [2.05, 4.69) is 56.8 Å². The van der Waals surface area contributed by atoms with Crippen LogP contribution in [0.4, 0.5) is 0 Å². The topological polar surface area (TPSA) is 39.7 Å². The van der Waals surface area contributed by atoms with Gasteiger partial charge in [-0.1, -0.05) is 36.3 Å². The molecule has 0 radical (unpaired) electrons. The summed E-state index contributed by atoms with van der Waals surface area (Å²) >= 11 is 0. The zero-order valence-electron chi connectivity index (χ0n) is 12.7. The predicted octanol–water partition coefficient (Wildman–Crippen LogP) is 1.45. The molecule has 0 atom stereocenters. The van der Waals surface area contributed by atoms with Crippen molar-refractivity contribution in [2.45, 2.75) is 25.4 Å². The van der Waals surface area contributed by atoms with Crippen molar-refractivity contribution in [3.8, 4) is 12.3 Å². The standard InChI is InChI=1S/C17H24N4/c1-3-11-19-17(18-2)20-16-9-12-21(13-10-16)14-15-7-5-4-6-8-15/h1,4-8,16H,9-14H2,2H3,(H2,18,19,20). The van der Waals surface area contributed by atoms with Crippen LogP contribution in [0.25, 0.3) is 0 Å². The Balaban J connectivity index is 1.74. The van der Waals surface area contributed by atoms with Crippen LogP contribution < -0.4 is 10.6 Å². The number of benzene rings is 1. The Morgan fingerprint density at radius 3 is 2.67 bits per heavy atom. The number of guanidine groups is 1. The van der Waals surface area contributed by atoms with Gasteiger partial charge in [0.05, 0.1) is 6.54 Å². The molecule has 1 heterocycles.